The second kappa shape index (κ2) is 14.7. The van der Waals surface area contributed by atoms with Gasteiger partial charge in [-0.2, -0.15) is 5.26 Å². The molecule has 0 saturated carbocycles. The van der Waals surface area contributed by atoms with Gasteiger partial charge in [-0.15, -0.1) is 0 Å². The number of halogens is 1. The number of pyridine rings is 2. The van der Waals surface area contributed by atoms with E-state index in [1.54, 1.807) is 37.4 Å². The van der Waals surface area contributed by atoms with E-state index < -0.39 is 0 Å². The van der Waals surface area contributed by atoms with E-state index in [0.29, 0.717) is 82.1 Å². The molecular formula is C33H33ClN6O4. The molecule has 0 aliphatic carbocycles. The van der Waals surface area contributed by atoms with Gasteiger partial charge >= 0.3 is 0 Å². The second-order valence-electron chi connectivity index (χ2n) is 10.0. The zero-order valence-electron chi connectivity index (χ0n) is 24.6. The lowest BCUT2D eigenvalue weighted by molar-refractivity contribution is -0.111. The van der Waals surface area contributed by atoms with Crippen LogP contribution >= 0.6 is 11.6 Å². The summed E-state index contributed by atoms with van der Waals surface area (Å²) in [5.41, 5.74) is 3.96. The van der Waals surface area contributed by atoms with E-state index in [0.717, 1.165) is 18.8 Å². The highest BCUT2D eigenvalue weighted by atomic mass is 35.5. The molecule has 0 radical (unpaired) electrons. The molecule has 11 heteroatoms. The molecule has 2 N–H and O–H groups in total. The lowest BCUT2D eigenvalue weighted by atomic mass is 10.0. The minimum Gasteiger partial charge on any atom is -0.492 e. The van der Waals surface area contributed by atoms with Crippen LogP contribution in [0.4, 0.5) is 17.1 Å². The number of morpholine rings is 1. The standard InChI is InChI=1S/C33H33ClN6O4/c1-3-43-31-19-28-25(18-29(31)39-32(41)8-6-12-40-13-15-42-16-14-40)33(26(20-35)22(2)37-28)38-23-9-10-30(27(34)17-23)44-21-24-7-4-5-11-36-24/h4-11,17-19H,3,12-16,21H2,1-2H3,(H,37,38)(H,39,41)/b8-6+. The Hall–Kier alpha value is -4.69. The molecule has 4 aromatic rings. The monoisotopic (exact) mass is 612 g/mol. The Morgan fingerprint density at radius 2 is 2.00 bits per heavy atom. The van der Waals surface area contributed by atoms with Crippen molar-refractivity contribution in [2.75, 3.05) is 50.1 Å². The molecule has 1 saturated heterocycles. The minimum absolute atomic E-state index is 0.277. The van der Waals surface area contributed by atoms with Crippen molar-refractivity contribution in [1.82, 2.24) is 14.9 Å². The number of nitrogens with zero attached hydrogens (tertiary/aromatic N) is 4. The van der Waals surface area contributed by atoms with Crippen molar-refractivity contribution < 1.29 is 19.0 Å². The van der Waals surface area contributed by atoms with Gasteiger partial charge in [-0.25, -0.2) is 0 Å². The molecule has 2 aromatic carbocycles. The molecule has 226 valence electrons. The predicted octanol–water partition coefficient (Wildman–Crippen LogP) is 6.01. The van der Waals surface area contributed by atoms with Gasteiger partial charge in [0.15, 0.2) is 0 Å². The van der Waals surface area contributed by atoms with Crippen LogP contribution in [-0.4, -0.2) is 60.2 Å². The Kier molecular flexibility index (Phi) is 10.2. The van der Waals surface area contributed by atoms with Gasteiger partial charge in [0, 0.05) is 49.0 Å². The van der Waals surface area contributed by atoms with Crippen LogP contribution in [-0.2, 0) is 16.1 Å². The summed E-state index contributed by atoms with van der Waals surface area (Å²) in [5.74, 6) is 0.698. The first-order valence-electron chi connectivity index (χ1n) is 14.3. The Bertz CT molecular complexity index is 1700. The summed E-state index contributed by atoms with van der Waals surface area (Å²) < 4.78 is 17.1. The third kappa shape index (κ3) is 7.63. The summed E-state index contributed by atoms with van der Waals surface area (Å²) >= 11 is 6.57. The number of fused-ring (bicyclic) bond motifs is 1. The van der Waals surface area contributed by atoms with Crippen LogP contribution in [0.1, 0.15) is 23.9 Å². The average molecular weight is 613 g/mol. The van der Waals surface area contributed by atoms with Crippen molar-refractivity contribution in [1.29, 1.82) is 5.26 Å². The molecule has 0 unspecified atom stereocenters. The van der Waals surface area contributed by atoms with Crippen LogP contribution in [0.15, 0.2) is 66.9 Å². The summed E-state index contributed by atoms with van der Waals surface area (Å²) in [5, 5.41) is 17.4. The molecule has 0 bridgehead atoms. The highest BCUT2D eigenvalue weighted by molar-refractivity contribution is 6.32. The lowest BCUT2D eigenvalue weighted by Gasteiger charge is -2.25. The van der Waals surface area contributed by atoms with Crippen molar-refractivity contribution in [2.24, 2.45) is 0 Å². The molecular weight excluding hydrogens is 580 g/mol. The molecule has 0 spiro atoms. The van der Waals surface area contributed by atoms with E-state index in [9.17, 15) is 10.1 Å². The maximum atomic E-state index is 12.9. The topological polar surface area (TPSA) is 122 Å². The maximum Gasteiger partial charge on any atom is 0.248 e. The highest BCUT2D eigenvalue weighted by Crippen LogP contribution is 2.38. The fourth-order valence-electron chi connectivity index (χ4n) is 4.80. The molecule has 5 rings (SSSR count). The minimum atomic E-state index is -0.290. The SMILES string of the molecule is CCOc1cc2nc(C)c(C#N)c(Nc3ccc(OCc4ccccn4)c(Cl)c3)c2cc1NC(=O)/C=C/CN1CCOCC1. The van der Waals surface area contributed by atoms with E-state index in [1.165, 1.54) is 6.08 Å². The number of carbonyl (C=O) groups excluding carboxylic acids is 1. The smallest absolute Gasteiger partial charge is 0.248 e. The van der Waals surface area contributed by atoms with Crippen LogP contribution in [0.2, 0.25) is 5.02 Å². The van der Waals surface area contributed by atoms with Gasteiger partial charge in [0.2, 0.25) is 5.91 Å². The van der Waals surface area contributed by atoms with E-state index >= 15 is 0 Å². The van der Waals surface area contributed by atoms with Gasteiger partial charge < -0.3 is 24.8 Å². The second-order valence-corrected chi connectivity index (χ2v) is 10.4. The number of nitrogens with one attached hydrogen (secondary N) is 2. The first-order chi connectivity index (χ1) is 21.4. The number of ether oxygens (including phenoxy) is 3. The zero-order chi connectivity index (χ0) is 30.9. The first-order valence-corrected chi connectivity index (χ1v) is 14.7. The number of anilines is 3. The number of nitriles is 1. The van der Waals surface area contributed by atoms with Gasteiger partial charge in [-0.3, -0.25) is 19.7 Å². The molecule has 1 amide bonds. The fourth-order valence-corrected chi connectivity index (χ4v) is 5.03. The Morgan fingerprint density at radius 1 is 1.16 bits per heavy atom. The number of aromatic nitrogens is 2. The summed E-state index contributed by atoms with van der Waals surface area (Å²) in [7, 11) is 0. The van der Waals surface area contributed by atoms with Crippen LogP contribution < -0.4 is 20.1 Å². The van der Waals surface area contributed by atoms with Crippen molar-refractivity contribution >= 4 is 45.5 Å². The van der Waals surface area contributed by atoms with Gasteiger partial charge in [-0.1, -0.05) is 23.7 Å². The number of rotatable bonds is 11. The normalized spacial score (nSPS) is 13.5. The number of hydrogen-bond acceptors (Lipinski definition) is 9. The van der Waals surface area contributed by atoms with Crippen LogP contribution in [0.25, 0.3) is 10.9 Å². The molecule has 1 fully saturated rings. The quantitative estimate of drug-likeness (QED) is 0.196. The molecule has 3 heterocycles. The van der Waals surface area contributed by atoms with Gasteiger partial charge in [0.25, 0.3) is 0 Å². The Labute approximate surface area is 261 Å². The number of aryl methyl sites for hydroxylation is 1. The number of amides is 1. The Morgan fingerprint density at radius 3 is 2.73 bits per heavy atom. The van der Waals surface area contributed by atoms with E-state index in [-0.39, 0.29) is 12.5 Å². The zero-order valence-corrected chi connectivity index (χ0v) is 25.4. The largest absolute Gasteiger partial charge is 0.492 e. The average Bonchev–Trinajstić information content (AvgIpc) is 3.02. The maximum absolute atomic E-state index is 12.9. The Balaban J connectivity index is 1.42. The molecule has 1 aliphatic rings. The van der Waals surface area contributed by atoms with Gasteiger partial charge in [-0.05, 0) is 50.2 Å². The van der Waals surface area contributed by atoms with E-state index in [1.807, 2.05) is 37.3 Å². The van der Waals surface area contributed by atoms with Crippen LogP contribution in [0, 0.1) is 18.3 Å². The van der Waals surface area contributed by atoms with E-state index in [4.69, 9.17) is 25.8 Å². The number of carbonyl (C=O) groups is 1. The summed E-state index contributed by atoms with van der Waals surface area (Å²) in [6.07, 6.45) is 5.06. The van der Waals surface area contributed by atoms with Crippen LogP contribution in [0.3, 0.4) is 0 Å². The molecule has 0 atom stereocenters. The summed E-state index contributed by atoms with van der Waals surface area (Å²) in [4.78, 5) is 24.0. The molecule has 10 nitrogen and oxygen atoms in total. The van der Waals surface area contributed by atoms with Crippen molar-refractivity contribution in [3.8, 4) is 17.6 Å². The highest BCUT2D eigenvalue weighted by Gasteiger charge is 2.18. The number of benzene rings is 2. The van der Waals surface area contributed by atoms with Crippen LogP contribution in [0.5, 0.6) is 11.5 Å². The van der Waals surface area contributed by atoms with Gasteiger partial charge in [0.05, 0.1) is 58.7 Å². The third-order valence-electron chi connectivity index (χ3n) is 6.98. The number of hydrogen-bond donors (Lipinski definition) is 2. The fraction of sp³-hybridized carbons (Fsp3) is 0.273. The lowest BCUT2D eigenvalue weighted by Crippen LogP contribution is -2.36. The van der Waals surface area contributed by atoms with Gasteiger partial charge in [0.1, 0.15) is 24.2 Å². The van der Waals surface area contributed by atoms with E-state index in [2.05, 4.69) is 31.6 Å². The molecule has 2 aromatic heterocycles. The third-order valence-corrected chi connectivity index (χ3v) is 7.27. The first kappa shape index (κ1) is 30.8. The van der Waals surface area contributed by atoms with Crippen molar-refractivity contribution in [3.05, 3.63) is 88.9 Å². The predicted molar refractivity (Wildman–Crippen MR) is 171 cm³/mol. The van der Waals surface area contributed by atoms with Crippen molar-refractivity contribution in [2.45, 2.75) is 20.5 Å². The molecule has 44 heavy (non-hydrogen) atoms. The summed E-state index contributed by atoms with van der Waals surface area (Å²) in [6, 6.07) is 16.7. The van der Waals surface area contributed by atoms with Crippen molar-refractivity contribution in [3.63, 3.8) is 0 Å². The summed E-state index contributed by atoms with van der Waals surface area (Å²) in [6.45, 7) is 8.04. The molecule has 1 aliphatic heterocycles.